The number of para-hydroxylation sites is 1. The summed E-state index contributed by atoms with van der Waals surface area (Å²) in [6.07, 6.45) is 0. The molecule has 0 radical (unpaired) electrons. The van der Waals surface area contributed by atoms with E-state index in [4.69, 9.17) is 0 Å². The van der Waals surface area contributed by atoms with E-state index in [1.165, 1.54) is 0 Å². The number of carbonyl (C=O) groups is 1. The van der Waals surface area contributed by atoms with Crippen LogP contribution in [-0.4, -0.2) is 24.1 Å². The number of hydrogen-bond donors (Lipinski definition) is 2. The summed E-state index contributed by atoms with van der Waals surface area (Å²) >= 11 is 1.14. The van der Waals surface area contributed by atoms with E-state index in [1.807, 2.05) is 48.9 Å². The van der Waals surface area contributed by atoms with Crippen LogP contribution in [0.3, 0.4) is 0 Å². The molecule has 2 N–H and O–H groups in total. The van der Waals surface area contributed by atoms with Crippen LogP contribution in [0.5, 0.6) is 0 Å². The average Bonchev–Trinajstić information content (AvgIpc) is 3.42. The van der Waals surface area contributed by atoms with Crippen LogP contribution in [0.25, 0.3) is 5.69 Å². The van der Waals surface area contributed by atoms with Gasteiger partial charge in [-0.05, 0) is 61.7 Å². The molecule has 1 amide bonds. The minimum Gasteiger partial charge on any atom is -0.348 e. The molecule has 0 fully saturated rings. The summed E-state index contributed by atoms with van der Waals surface area (Å²) in [5.74, 6) is -0.246. The van der Waals surface area contributed by atoms with Gasteiger partial charge in [0.05, 0.1) is 11.4 Å². The van der Waals surface area contributed by atoms with E-state index < -0.39 is 10.0 Å². The average molecular weight is 467 g/mol. The van der Waals surface area contributed by atoms with Crippen molar-refractivity contribution in [3.05, 3.63) is 94.6 Å². The molecule has 0 aliphatic rings. The second-order valence-corrected chi connectivity index (χ2v) is 10.1. The number of anilines is 1. The van der Waals surface area contributed by atoms with Crippen LogP contribution >= 0.6 is 11.3 Å². The molecule has 0 aliphatic carbocycles. The van der Waals surface area contributed by atoms with Crippen molar-refractivity contribution in [3.63, 3.8) is 0 Å². The SMILES string of the molecule is Cc1nn(-c2ccccc2)c(C)c1CNC(=O)c1ccc(NS(=O)(=O)c2cccs2)cc1. The molecule has 0 atom stereocenters. The van der Waals surface area contributed by atoms with Crippen LogP contribution in [0.1, 0.15) is 27.3 Å². The molecule has 4 rings (SSSR count). The van der Waals surface area contributed by atoms with Gasteiger partial charge in [0.15, 0.2) is 0 Å². The van der Waals surface area contributed by atoms with Crippen molar-refractivity contribution in [2.24, 2.45) is 0 Å². The number of nitrogens with one attached hydrogen (secondary N) is 2. The standard InChI is InChI=1S/C23H22N4O3S2/c1-16-21(17(2)27(25-16)20-7-4-3-5-8-20)15-24-23(28)18-10-12-19(13-11-18)26-32(29,30)22-9-6-14-31-22/h3-14,26H,15H2,1-2H3,(H,24,28). The maximum absolute atomic E-state index is 12.6. The quantitative estimate of drug-likeness (QED) is 0.425. The lowest BCUT2D eigenvalue weighted by Gasteiger charge is -2.09. The van der Waals surface area contributed by atoms with E-state index >= 15 is 0 Å². The predicted molar refractivity (Wildman–Crippen MR) is 126 cm³/mol. The van der Waals surface area contributed by atoms with Gasteiger partial charge in [0, 0.05) is 29.1 Å². The first-order valence-electron chi connectivity index (χ1n) is 9.90. The summed E-state index contributed by atoms with van der Waals surface area (Å²) in [6.45, 7) is 4.24. The Hall–Kier alpha value is -3.43. The highest BCUT2D eigenvalue weighted by atomic mass is 32.2. The summed E-state index contributed by atoms with van der Waals surface area (Å²) < 4.78 is 29.3. The zero-order chi connectivity index (χ0) is 22.7. The van der Waals surface area contributed by atoms with E-state index in [0.717, 1.165) is 34.0 Å². The fraction of sp³-hybridized carbons (Fsp3) is 0.130. The first kappa shape index (κ1) is 21.8. The highest BCUT2D eigenvalue weighted by Crippen LogP contribution is 2.21. The van der Waals surface area contributed by atoms with Crippen molar-refractivity contribution < 1.29 is 13.2 Å². The van der Waals surface area contributed by atoms with Gasteiger partial charge in [0.25, 0.3) is 15.9 Å². The molecule has 164 valence electrons. The Morgan fingerprint density at radius 1 is 1.00 bits per heavy atom. The van der Waals surface area contributed by atoms with Crippen molar-refractivity contribution in [1.82, 2.24) is 15.1 Å². The number of sulfonamides is 1. The van der Waals surface area contributed by atoms with Crippen molar-refractivity contribution in [3.8, 4) is 5.69 Å². The van der Waals surface area contributed by atoms with E-state index in [1.54, 1.807) is 41.8 Å². The summed E-state index contributed by atoms with van der Waals surface area (Å²) in [4.78, 5) is 12.6. The minimum absolute atomic E-state index is 0.237. The molecular weight excluding hydrogens is 444 g/mol. The lowest BCUT2D eigenvalue weighted by Crippen LogP contribution is -2.23. The molecule has 32 heavy (non-hydrogen) atoms. The van der Waals surface area contributed by atoms with E-state index in [-0.39, 0.29) is 10.1 Å². The Morgan fingerprint density at radius 3 is 2.38 bits per heavy atom. The molecule has 7 nitrogen and oxygen atoms in total. The van der Waals surface area contributed by atoms with Crippen LogP contribution in [-0.2, 0) is 16.6 Å². The number of aromatic nitrogens is 2. The lowest BCUT2D eigenvalue weighted by molar-refractivity contribution is 0.0951. The van der Waals surface area contributed by atoms with Crippen LogP contribution in [0, 0.1) is 13.8 Å². The molecule has 2 heterocycles. The lowest BCUT2D eigenvalue weighted by atomic mass is 10.1. The maximum atomic E-state index is 12.6. The molecular formula is C23H22N4O3S2. The minimum atomic E-state index is -3.62. The molecule has 2 aromatic carbocycles. The smallest absolute Gasteiger partial charge is 0.271 e. The topological polar surface area (TPSA) is 93.1 Å². The number of amides is 1. The molecule has 2 aromatic heterocycles. The highest BCUT2D eigenvalue weighted by molar-refractivity contribution is 7.94. The van der Waals surface area contributed by atoms with Gasteiger partial charge in [0.1, 0.15) is 4.21 Å². The van der Waals surface area contributed by atoms with Gasteiger partial charge < -0.3 is 5.32 Å². The number of aryl methyl sites for hydroxylation is 1. The van der Waals surface area contributed by atoms with Gasteiger partial charge in [-0.25, -0.2) is 13.1 Å². The molecule has 9 heteroatoms. The first-order chi connectivity index (χ1) is 15.3. The van der Waals surface area contributed by atoms with Gasteiger partial charge in [0.2, 0.25) is 0 Å². The number of benzene rings is 2. The Balaban J connectivity index is 1.42. The predicted octanol–water partition coefficient (Wildman–Crippen LogP) is 4.28. The third-order valence-corrected chi connectivity index (χ3v) is 7.81. The van der Waals surface area contributed by atoms with Crippen LogP contribution in [0.4, 0.5) is 5.69 Å². The van der Waals surface area contributed by atoms with Gasteiger partial charge in [-0.15, -0.1) is 11.3 Å². The number of carbonyl (C=O) groups excluding carboxylic acids is 1. The summed E-state index contributed by atoms with van der Waals surface area (Å²) in [5, 5.41) is 9.22. The third kappa shape index (κ3) is 4.58. The third-order valence-electron chi connectivity index (χ3n) is 5.03. The van der Waals surface area contributed by atoms with Gasteiger partial charge in [-0.2, -0.15) is 5.10 Å². The molecule has 0 aliphatic heterocycles. The first-order valence-corrected chi connectivity index (χ1v) is 12.3. The number of nitrogens with zero attached hydrogens (tertiary/aromatic N) is 2. The second-order valence-electron chi connectivity index (χ2n) is 7.19. The number of thiophene rings is 1. The Kier molecular flexibility index (Phi) is 6.11. The Morgan fingerprint density at radius 2 is 1.72 bits per heavy atom. The van der Waals surface area contributed by atoms with Crippen molar-refractivity contribution in [1.29, 1.82) is 0 Å². The molecule has 4 aromatic rings. The van der Waals surface area contributed by atoms with E-state index in [2.05, 4.69) is 15.1 Å². The molecule has 0 unspecified atom stereocenters. The molecule has 0 spiro atoms. The summed E-state index contributed by atoms with van der Waals surface area (Å²) in [5.41, 5.74) is 4.58. The monoisotopic (exact) mass is 466 g/mol. The fourth-order valence-corrected chi connectivity index (χ4v) is 5.39. The van der Waals surface area contributed by atoms with Crippen LogP contribution in [0.2, 0.25) is 0 Å². The van der Waals surface area contributed by atoms with Gasteiger partial charge in [-0.3, -0.25) is 9.52 Å². The number of hydrogen-bond acceptors (Lipinski definition) is 5. The van der Waals surface area contributed by atoms with Crippen molar-refractivity contribution in [2.45, 2.75) is 24.6 Å². The van der Waals surface area contributed by atoms with Crippen molar-refractivity contribution >= 4 is 33.0 Å². The highest BCUT2D eigenvalue weighted by Gasteiger charge is 2.16. The van der Waals surface area contributed by atoms with Crippen molar-refractivity contribution in [2.75, 3.05) is 4.72 Å². The zero-order valence-electron chi connectivity index (χ0n) is 17.6. The summed E-state index contributed by atoms with van der Waals surface area (Å²) in [7, 11) is -3.62. The van der Waals surface area contributed by atoms with Crippen LogP contribution < -0.4 is 10.0 Å². The number of rotatable bonds is 7. The normalized spacial score (nSPS) is 11.3. The molecule has 0 bridgehead atoms. The molecule has 0 saturated heterocycles. The zero-order valence-corrected chi connectivity index (χ0v) is 19.2. The Labute approximate surface area is 190 Å². The fourth-order valence-electron chi connectivity index (χ4n) is 3.33. The summed E-state index contributed by atoms with van der Waals surface area (Å²) in [6, 6.07) is 19.4. The maximum Gasteiger partial charge on any atom is 0.271 e. The second kappa shape index (κ2) is 8.97. The van der Waals surface area contributed by atoms with Crippen LogP contribution in [0.15, 0.2) is 76.3 Å². The van der Waals surface area contributed by atoms with Gasteiger partial charge in [-0.1, -0.05) is 24.3 Å². The van der Waals surface area contributed by atoms with E-state index in [9.17, 15) is 13.2 Å². The molecule has 0 saturated carbocycles. The van der Waals surface area contributed by atoms with Gasteiger partial charge >= 0.3 is 0 Å². The largest absolute Gasteiger partial charge is 0.348 e. The van der Waals surface area contributed by atoms with E-state index in [0.29, 0.717) is 17.8 Å². The Bertz CT molecular complexity index is 1330.